The van der Waals surface area contributed by atoms with Gasteiger partial charge in [-0.05, 0) is 37.3 Å². The standard InChI is InChI=1S/C26H27N3/c1-20-8-12-24(13-9-20)26-27-18-25(19-28-26)23-14-16-29(17-15-23)21(2)10-11-22-6-4-3-5-7-22/h3-9,12-14,18-19H,2,10-11,15-17H2,1H3. The van der Waals surface area contributed by atoms with Gasteiger partial charge in [0.2, 0.25) is 0 Å². The summed E-state index contributed by atoms with van der Waals surface area (Å²) >= 11 is 0. The lowest BCUT2D eigenvalue weighted by molar-refractivity contribution is 0.366. The summed E-state index contributed by atoms with van der Waals surface area (Å²) in [6.07, 6.45) is 9.24. The van der Waals surface area contributed by atoms with Gasteiger partial charge in [-0.25, -0.2) is 9.97 Å². The van der Waals surface area contributed by atoms with Crippen LogP contribution in [-0.2, 0) is 6.42 Å². The maximum absolute atomic E-state index is 4.59. The molecule has 2 heterocycles. The zero-order valence-electron chi connectivity index (χ0n) is 17.0. The van der Waals surface area contributed by atoms with Crippen molar-refractivity contribution in [1.29, 1.82) is 0 Å². The Balaban J connectivity index is 1.35. The monoisotopic (exact) mass is 381 g/mol. The second kappa shape index (κ2) is 8.87. The van der Waals surface area contributed by atoms with E-state index in [0.717, 1.165) is 49.3 Å². The van der Waals surface area contributed by atoms with E-state index >= 15 is 0 Å². The van der Waals surface area contributed by atoms with Crippen molar-refractivity contribution in [3.8, 4) is 11.4 Å². The molecule has 0 aliphatic carbocycles. The highest BCUT2D eigenvalue weighted by molar-refractivity contribution is 5.66. The fourth-order valence-electron chi connectivity index (χ4n) is 3.66. The molecule has 1 aromatic heterocycles. The summed E-state index contributed by atoms with van der Waals surface area (Å²) in [6, 6.07) is 19.0. The lowest BCUT2D eigenvalue weighted by Gasteiger charge is -2.30. The first-order valence-corrected chi connectivity index (χ1v) is 10.2. The second-order valence-corrected chi connectivity index (χ2v) is 7.64. The molecule has 1 aliphatic rings. The van der Waals surface area contributed by atoms with Gasteiger partial charge >= 0.3 is 0 Å². The average molecular weight is 382 g/mol. The van der Waals surface area contributed by atoms with Crippen LogP contribution >= 0.6 is 0 Å². The third-order valence-corrected chi connectivity index (χ3v) is 5.53. The van der Waals surface area contributed by atoms with Crippen molar-refractivity contribution in [2.45, 2.75) is 26.2 Å². The van der Waals surface area contributed by atoms with Crippen molar-refractivity contribution in [2.75, 3.05) is 13.1 Å². The summed E-state index contributed by atoms with van der Waals surface area (Å²) in [5, 5.41) is 0. The van der Waals surface area contributed by atoms with Gasteiger partial charge in [-0.2, -0.15) is 0 Å². The predicted octanol–water partition coefficient (Wildman–Crippen LogP) is 5.69. The third kappa shape index (κ3) is 4.80. The molecule has 29 heavy (non-hydrogen) atoms. The normalized spacial score (nSPS) is 13.8. The average Bonchev–Trinajstić information content (AvgIpc) is 2.79. The summed E-state index contributed by atoms with van der Waals surface area (Å²) in [7, 11) is 0. The molecule has 0 saturated carbocycles. The molecule has 4 rings (SSSR count). The van der Waals surface area contributed by atoms with Crippen molar-refractivity contribution < 1.29 is 0 Å². The van der Waals surface area contributed by atoms with Crippen LogP contribution in [0.25, 0.3) is 17.0 Å². The van der Waals surface area contributed by atoms with Crippen LogP contribution in [0, 0.1) is 6.92 Å². The Morgan fingerprint density at radius 2 is 1.69 bits per heavy atom. The zero-order chi connectivity index (χ0) is 20.1. The van der Waals surface area contributed by atoms with E-state index in [1.807, 2.05) is 12.4 Å². The highest BCUT2D eigenvalue weighted by Crippen LogP contribution is 2.25. The van der Waals surface area contributed by atoms with E-state index in [9.17, 15) is 0 Å². The largest absolute Gasteiger partial charge is 0.371 e. The number of hydrogen-bond donors (Lipinski definition) is 0. The van der Waals surface area contributed by atoms with E-state index < -0.39 is 0 Å². The minimum absolute atomic E-state index is 0.779. The van der Waals surface area contributed by atoms with Gasteiger partial charge in [0.05, 0.1) is 0 Å². The second-order valence-electron chi connectivity index (χ2n) is 7.64. The Kier molecular flexibility index (Phi) is 5.85. The first-order chi connectivity index (χ1) is 14.2. The van der Waals surface area contributed by atoms with Crippen LogP contribution in [0.2, 0.25) is 0 Å². The van der Waals surface area contributed by atoms with E-state index in [2.05, 4.69) is 89.0 Å². The van der Waals surface area contributed by atoms with E-state index in [4.69, 9.17) is 0 Å². The van der Waals surface area contributed by atoms with Crippen LogP contribution in [0.3, 0.4) is 0 Å². The van der Waals surface area contributed by atoms with Crippen LogP contribution in [-0.4, -0.2) is 28.0 Å². The van der Waals surface area contributed by atoms with E-state index in [-0.39, 0.29) is 0 Å². The lowest BCUT2D eigenvalue weighted by Crippen LogP contribution is -2.27. The zero-order valence-corrected chi connectivity index (χ0v) is 17.0. The molecule has 0 unspecified atom stereocenters. The maximum Gasteiger partial charge on any atom is 0.159 e. The van der Waals surface area contributed by atoms with Crippen molar-refractivity contribution in [3.63, 3.8) is 0 Å². The van der Waals surface area contributed by atoms with Gasteiger partial charge < -0.3 is 4.90 Å². The molecule has 0 spiro atoms. The molecule has 146 valence electrons. The highest BCUT2D eigenvalue weighted by atomic mass is 15.1. The lowest BCUT2D eigenvalue weighted by atomic mass is 10.0. The molecule has 0 saturated heterocycles. The highest BCUT2D eigenvalue weighted by Gasteiger charge is 2.15. The minimum atomic E-state index is 0.779. The van der Waals surface area contributed by atoms with Gasteiger partial charge in [-0.1, -0.05) is 72.8 Å². The van der Waals surface area contributed by atoms with Crippen LogP contribution in [0.4, 0.5) is 0 Å². The fourth-order valence-corrected chi connectivity index (χ4v) is 3.66. The molecule has 3 aromatic rings. The molecule has 0 bridgehead atoms. The van der Waals surface area contributed by atoms with Crippen LogP contribution in [0.15, 0.2) is 85.3 Å². The SMILES string of the molecule is C=C(CCc1ccccc1)N1CC=C(c2cnc(-c3ccc(C)cc3)nc2)CC1. The molecule has 3 nitrogen and oxygen atoms in total. The predicted molar refractivity (Wildman–Crippen MR) is 120 cm³/mol. The van der Waals surface area contributed by atoms with Crippen molar-refractivity contribution >= 4 is 5.57 Å². The molecule has 3 heteroatoms. The number of aryl methyl sites for hydroxylation is 2. The number of aromatic nitrogens is 2. The molecule has 0 amide bonds. The minimum Gasteiger partial charge on any atom is -0.371 e. The van der Waals surface area contributed by atoms with Gasteiger partial charge in [0.25, 0.3) is 0 Å². The first-order valence-electron chi connectivity index (χ1n) is 10.2. The Bertz CT molecular complexity index is 986. The maximum atomic E-state index is 4.59. The molecule has 0 fully saturated rings. The number of nitrogens with zero attached hydrogens (tertiary/aromatic N) is 3. The van der Waals surface area contributed by atoms with E-state index in [1.165, 1.54) is 22.4 Å². The van der Waals surface area contributed by atoms with Crippen LogP contribution in [0.5, 0.6) is 0 Å². The van der Waals surface area contributed by atoms with Gasteiger partial charge in [0.1, 0.15) is 0 Å². The molecule has 0 atom stereocenters. The molecule has 1 aliphatic heterocycles. The number of hydrogen-bond acceptors (Lipinski definition) is 3. The number of rotatable bonds is 6. The Labute approximate surface area is 173 Å². The van der Waals surface area contributed by atoms with Gasteiger partial charge in [0, 0.05) is 42.3 Å². The topological polar surface area (TPSA) is 29.0 Å². The number of benzene rings is 2. The smallest absolute Gasteiger partial charge is 0.159 e. The van der Waals surface area contributed by atoms with Gasteiger partial charge in [-0.15, -0.1) is 0 Å². The van der Waals surface area contributed by atoms with Gasteiger partial charge in [0.15, 0.2) is 5.82 Å². The quantitative estimate of drug-likeness (QED) is 0.549. The summed E-state index contributed by atoms with van der Waals surface area (Å²) in [4.78, 5) is 11.6. The van der Waals surface area contributed by atoms with Crippen molar-refractivity contribution in [1.82, 2.24) is 14.9 Å². The van der Waals surface area contributed by atoms with E-state index in [1.54, 1.807) is 0 Å². The van der Waals surface area contributed by atoms with Crippen molar-refractivity contribution in [2.24, 2.45) is 0 Å². The summed E-state index contributed by atoms with van der Waals surface area (Å²) in [5.74, 6) is 0.779. The first kappa shape index (κ1) is 19.1. The third-order valence-electron chi connectivity index (χ3n) is 5.53. The van der Waals surface area contributed by atoms with Gasteiger partial charge in [-0.3, -0.25) is 0 Å². The Morgan fingerprint density at radius 1 is 0.966 bits per heavy atom. The molecular weight excluding hydrogens is 354 g/mol. The molecule has 0 radical (unpaired) electrons. The molecule has 2 aromatic carbocycles. The number of allylic oxidation sites excluding steroid dienone is 1. The molecule has 0 N–H and O–H groups in total. The summed E-state index contributed by atoms with van der Waals surface area (Å²) in [5.41, 5.74) is 7.33. The molecular formula is C26H27N3. The Morgan fingerprint density at radius 3 is 2.34 bits per heavy atom. The van der Waals surface area contributed by atoms with Crippen LogP contribution in [0.1, 0.15) is 29.5 Å². The summed E-state index contributed by atoms with van der Waals surface area (Å²) in [6.45, 7) is 8.31. The Hall–Kier alpha value is -3.20. The fraction of sp³-hybridized carbons (Fsp3) is 0.231. The summed E-state index contributed by atoms with van der Waals surface area (Å²) < 4.78 is 0. The van der Waals surface area contributed by atoms with Crippen LogP contribution < -0.4 is 0 Å². The van der Waals surface area contributed by atoms with Crippen molar-refractivity contribution in [3.05, 3.63) is 102 Å². The van der Waals surface area contributed by atoms with E-state index in [0.29, 0.717) is 0 Å².